The molecule has 0 rings (SSSR count). The molecule has 0 aromatic heterocycles. The lowest BCUT2D eigenvalue weighted by atomic mass is 9.95. The third-order valence-electron chi connectivity index (χ3n) is 2.94. The first-order valence-corrected chi connectivity index (χ1v) is 6.64. The standard InChI is InChI=1S/C15H26N2O2/c1-6-17-13(3)11-14(16-4)12(2)9-7-8-10-15(18)19-5/h6,8,10-12,14,16H,7,9H2,1-5H3/b10-8+,13-11+,17-6?. The highest BCUT2D eigenvalue weighted by Crippen LogP contribution is 2.14. The molecule has 0 spiro atoms. The second kappa shape index (κ2) is 10.5. The molecule has 19 heavy (non-hydrogen) atoms. The van der Waals surface area contributed by atoms with Gasteiger partial charge in [-0.3, -0.25) is 4.99 Å². The van der Waals surface area contributed by atoms with Crippen molar-refractivity contribution in [3.8, 4) is 0 Å². The van der Waals surface area contributed by atoms with Crippen LogP contribution in [0.3, 0.4) is 0 Å². The van der Waals surface area contributed by atoms with Crippen LogP contribution in [0.25, 0.3) is 0 Å². The van der Waals surface area contributed by atoms with Crippen LogP contribution in [0.5, 0.6) is 0 Å². The van der Waals surface area contributed by atoms with Gasteiger partial charge in [-0.2, -0.15) is 0 Å². The normalized spacial score (nSPS) is 15.9. The van der Waals surface area contributed by atoms with Crippen LogP contribution in [0, 0.1) is 5.92 Å². The number of rotatable bonds is 8. The van der Waals surface area contributed by atoms with E-state index >= 15 is 0 Å². The van der Waals surface area contributed by atoms with Crippen LogP contribution in [0.4, 0.5) is 0 Å². The van der Waals surface area contributed by atoms with E-state index in [0.717, 1.165) is 18.5 Å². The zero-order valence-electron chi connectivity index (χ0n) is 12.6. The fourth-order valence-electron chi connectivity index (χ4n) is 1.82. The highest BCUT2D eigenvalue weighted by atomic mass is 16.5. The Morgan fingerprint density at radius 2 is 2.16 bits per heavy atom. The minimum absolute atomic E-state index is 0.287. The largest absolute Gasteiger partial charge is 0.466 e. The summed E-state index contributed by atoms with van der Waals surface area (Å²) in [5.74, 6) is 0.167. The van der Waals surface area contributed by atoms with Crippen LogP contribution in [-0.4, -0.2) is 32.4 Å². The third kappa shape index (κ3) is 8.32. The van der Waals surface area contributed by atoms with Crippen molar-refractivity contribution >= 4 is 12.2 Å². The van der Waals surface area contributed by atoms with Crippen molar-refractivity contribution in [2.24, 2.45) is 10.9 Å². The predicted octanol–water partition coefficient (Wildman–Crippen LogP) is 2.71. The molecule has 4 heteroatoms. The van der Waals surface area contributed by atoms with Gasteiger partial charge >= 0.3 is 5.97 Å². The summed E-state index contributed by atoms with van der Waals surface area (Å²) in [6.07, 6.45) is 9.12. The van der Waals surface area contributed by atoms with Gasteiger partial charge in [0.2, 0.25) is 0 Å². The molecule has 0 aliphatic rings. The Morgan fingerprint density at radius 1 is 1.47 bits per heavy atom. The fourth-order valence-corrected chi connectivity index (χ4v) is 1.82. The molecule has 2 unspecified atom stereocenters. The summed E-state index contributed by atoms with van der Waals surface area (Å²) >= 11 is 0. The molecule has 0 saturated carbocycles. The molecule has 0 aromatic carbocycles. The van der Waals surface area contributed by atoms with Gasteiger partial charge in [-0.25, -0.2) is 4.79 Å². The van der Waals surface area contributed by atoms with Crippen LogP contribution in [0.2, 0.25) is 0 Å². The van der Waals surface area contributed by atoms with Gasteiger partial charge in [-0.15, -0.1) is 0 Å². The maximum Gasteiger partial charge on any atom is 0.330 e. The molecular formula is C15H26N2O2. The van der Waals surface area contributed by atoms with Crippen molar-refractivity contribution < 1.29 is 9.53 Å². The topological polar surface area (TPSA) is 50.7 Å². The lowest BCUT2D eigenvalue weighted by Crippen LogP contribution is -2.30. The van der Waals surface area contributed by atoms with Crippen molar-refractivity contribution in [2.45, 2.75) is 39.7 Å². The van der Waals surface area contributed by atoms with Gasteiger partial charge in [-0.05, 0) is 45.7 Å². The van der Waals surface area contributed by atoms with Crippen molar-refractivity contribution in [3.05, 3.63) is 23.9 Å². The molecule has 0 heterocycles. The molecule has 2 atom stereocenters. The summed E-state index contributed by atoms with van der Waals surface area (Å²) < 4.78 is 4.54. The number of likely N-dealkylation sites (N-methyl/N-ethyl adjacent to an activating group) is 1. The average Bonchev–Trinajstić information content (AvgIpc) is 2.40. The van der Waals surface area contributed by atoms with Gasteiger partial charge in [0.1, 0.15) is 0 Å². The van der Waals surface area contributed by atoms with E-state index in [1.807, 2.05) is 27.0 Å². The van der Waals surface area contributed by atoms with Crippen molar-refractivity contribution in [1.29, 1.82) is 0 Å². The molecule has 0 aliphatic heterocycles. The molecule has 0 bridgehead atoms. The number of nitrogens with one attached hydrogen (secondary N) is 1. The SMILES string of the molecule is CC=N/C(C)=C/C(NC)C(C)CC/C=C/C(=O)OC. The molecule has 4 nitrogen and oxygen atoms in total. The zero-order chi connectivity index (χ0) is 14.7. The van der Waals surface area contributed by atoms with Gasteiger partial charge in [0, 0.05) is 24.0 Å². The minimum Gasteiger partial charge on any atom is -0.466 e. The van der Waals surface area contributed by atoms with Gasteiger partial charge < -0.3 is 10.1 Å². The van der Waals surface area contributed by atoms with E-state index in [1.165, 1.54) is 13.2 Å². The lowest BCUT2D eigenvalue weighted by Gasteiger charge is -2.20. The number of aliphatic imine (C=N–C) groups is 1. The van der Waals surface area contributed by atoms with Gasteiger partial charge in [0.25, 0.3) is 0 Å². The van der Waals surface area contributed by atoms with E-state index in [2.05, 4.69) is 28.0 Å². The number of carbonyl (C=O) groups is 1. The first kappa shape index (κ1) is 17.6. The molecule has 1 N–H and O–H groups in total. The molecular weight excluding hydrogens is 240 g/mol. The minimum atomic E-state index is -0.300. The Kier molecular flexibility index (Phi) is 9.71. The smallest absolute Gasteiger partial charge is 0.330 e. The quantitative estimate of drug-likeness (QED) is 0.417. The molecule has 0 aromatic rings. The Hall–Kier alpha value is -1.42. The number of nitrogens with zero attached hydrogens (tertiary/aromatic N) is 1. The molecule has 0 aliphatic carbocycles. The first-order valence-electron chi connectivity index (χ1n) is 6.64. The summed E-state index contributed by atoms with van der Waals surface area (Å²) in [4.78, 5) is 15.2. The van der Waals surface area contributed by atoms with E-state index in [-0.39, 0.29) is 12.0 Å². The van der Waals surface area contributed by atoms with Crippen molar-refractivity contribution in [1.82, 2.24) is 5.32 Å². The van der Waals surface area contributed by atoms with E-state index < -0.39 is 0 Å². The highest BCUT2D eigenvalue weighted by molar-refractivity contribution is 5.81. The monoisotopic (exact) mass is 266 g/mol. The van der Waals surface area contributed by atoms with Crippen LogP contribution in [-0.2, 0) is 9.53 Å². The summed E-state index contributed by atoms with van der Waals surface area (Å²) in [5.41, 5.74) is 1.01. The molecule has 0 saturated heterocycles. The number of allylic oxidation sites excluding steroid dienone is 2. The van der Waals surface area contributed by atoms with E-state index in [4.69, 9.17) is 0 Å². The molecule has 0 fully saturated rings. The fraction of sp³-hybridized carbons (Fsp3) is 0.600. The number of hydrogen-bond acceptors (Lipinski definition) is 4. The number of methoxy groups -OCH3 is 1. The average molecular weight is 266 g/mol. The van der Waals surface area contributed by atoms with Gasteiger partial charge in [0.05, 0.1) is 7.11 Å². The van der Waals surface area contributed by atoms with Gasteiger partial charge in [0.15, 0.2) is 0 Å². The van der Waals surface area contributed by atoms with Crippen LogP contribution in [0.15, 0.2) is 28.9 Å². The first-order chi connectivity index (χ1) is 9.04. The second-order valence-corrected chi connectivity index (χ2v) is 4.49. The Morgan fingerprint density at radius 3 is 2.68 bits per heavy atom. The van der Waals surface area contributed by atoms with Crippen LogP contribution < -0.4 is 5.32 Å². The maximum absolute atomic E-state index is 10.9. The van der Waals surface area contributed by atoms with E-state index in [9.17, 15) is 4.79 Å². The summed E-state index contributed by atoms with van der Waals surface area (Å²) in [7, 11) is 3.33. The molecule has 0 amide bonds. The third-order valence-corrected chi connectivity index (χ3v) is 2.94. The zero-order valence-corrected chi connectivity index (χ0v) is 12.6. The maximum atomic E-state index is 10.9. The molecule has 0 radical (unpaired) electrons. The van der Waals surface area contributed by atoms with Crippen molar-refractivity contribution in [2.75, 3.05) is 14.2 Å². The Labute approximate surface area is 116 Å². The Bertz CT molecular complexity index is 346. The Balaban J connectivity index is 4.29. The molecule has 108 valence electrons. The number of ether oxygens (including phenoxy) is 1. The predicted molar refractivity (Wildman–Crippen MR) is 80.3 cm³/mol. The summed E-state index contributed by atoms with van der Waals surface area (Å²) in [6, 6.07) is 0.287. The van der Waals surface area contributed by atoms with Crippen molar-refractivity contribution in [3.63, 3.8) is 0 Å². The van der Waals surface area contributed by atoms with Crippen LogP contribution >= 0.6 is 0 Å². The number of esters is 1. The number of carbonyl (C=O) groups excluding carboxylic acids is 1. The van der Waals surface area contributed by atoms with Crippen LogP contribution in [0.1, 0.15) is 33.6 Å². The lowest BCUT2D eigenvalue weighted by molar-refractivity contribution is -0.134. The summed E-state index contributed by atoms with van der Waals surface area (Å²) in [5, 5.41) is 3.29. The second-order valence-electron chi connectivity index (χ2n) is 4.49. The van der Waals surface area contributed by atoms with E-state index in [0.29, 0.717) is 5.92 Å². The number of hydrogen-bond donors (Lipinski definition) is 1. The van der Waals surface area contributed by atoms with E-state index in [1.54, 1.807) is 6.21 Å². The highest BCUT2D eigenvalue weighted by Gasteiger charge is 2.12. The van der Waals surface area contributed by atoms with Gasteiger partial charge in [-0.1, -0.05) is 13.0 Å². The summed E-state index contributed by atoms with van der Waals surface area (Å²) in [6.45, 7) is 6.09.